The van der Waals surface area contributed by atoms with Gasteiger partial charge in [0.15, 0.2) is 17.3 Å². The molecular weight excluding hydrogens is 438 g/mol. The summed E-state index contributed by atoms with van der Waals surface area (Å²) in [4.78, 5) is 20.7. The number of hydrogen-bond acceptors (Lipinski definition) is 6. The van der Waals surface area contributed by atoms with Crippen molar-refractivity contribution >= 4 is 32.5 Å². The number of carbonyl (C=O) groups is 1. The van der Waals surface area contributed by atoms with E-state index in [9.17, 15) is 17.6 Å². The van der Waals surface area contributed by atoms with Gasteiger partial charge in [0.25, 0.3) is 10.0 Å². The van der Waals surface area contributed by atoms with Crippen LogP contribution in [0.5, 0.6) is 0 Å². The fourth-order valence-corrected chi connectivity index (χ4v) is 4.08. The minimum Gasteiger partial charge on any atom is -0.288 e. The van der Waals surface area contributed by atoms with Gasteiger partial charge >= 0.3 is 0 Å². The van der Waals surface area contributed by atoms with Crippen molar-refractivity contribution in [2.24, 2.45) is 0 Å². The number of nitriles is 1. The highest BCUT2D eigenvalue weighted by Gasteiger charge is 2.21. The Bertz CT molecular complexity index is 1530. The van der Waals surface area contributed by atoms with E-state index in [1.165, 1.54) is 42.6 Å². The number of sulfonamides is 1. The summed E-state index contributed by atoms with van der Waals surface area (Å²) in [5.41, 5.74) is 0.00417. The largest absolute Gasteiger partial charge is 0.288 e. The first-order valence-corrected chi connectivity index (χ1v) is 10.6. The SMILES string of the molecule is N#Cc1cnc2ccc(C(=O)c3cccc(NS(=O)(=O)c4cccc(F)c4)c3F)cc2n1. The number of hydrogen-bond donors (Lipinski definition) is 1. The van der Waals surface area contributed by atoms with Crippen molar-refractivity contribution in [3.63, 3.8) is 0 Å². The van der Waals surface area contributed by atoms with Gasteiger partial charge in [-0.15, -0.1) is 0 Å². The van der Waals surface area contributed by atoms with Gasteiger partial charge in [0, 0.05) is 5.56 Å². The van der Waals surface area contributed by atoms with Crippen LogP contribution < -0.4 is 4.72 Å². The summed E-state index contributed by atoms with van der Waals surface area (Å²) >= 11 is 0. The second-order valence-corrected chi connectivity index (χ2v) is 8.31. The third-order valence-electron chi connectivity index (χ3n) is 4.51. The van der Waals surface area contributed by atoms with Crippen molar-refractivity contribution in [2.75, 3.05) is 4.72 Å². The lowest BCUT2D eigenvalue weighted by Gasteiger charge is -2.11. The molecule has 32 heavy (non-hydrogen) atoms. The Kier molecular flexibility index (Phi) is 5.34. The first-order chi connectivity index (χ1) is 15.3. The van der Waals surface area contributed by atoms with Gasteiger partial charge < -0.3 is 0 Å². The average Bonchev–Trinajstić information content (AvgIpc) is 2.79. The Balaban J connectivity index is 1.70. The van der Waals surface area contributed by atoms with Crippen LogP contribution in [0.15, 0.2) is 71.8 Å². The van der Waals surface area contributed by atoms with Crippen molar-refractivity contribution < 1.29 is 22.0 Å². The van der Waals surface area contributed by atoms with Gasteiger partial charge in [-0.2, -0.15) is 5.26 Å². The van der Waals surface area contributed by atoms with E-state index in [-0.39, 0.29) is 22.3 Å². The fraction of sp³-hybridized carbons (Fsp3) is 0. The highest BCUT2D eigenvalue weighted by Crippen LogP contribution is 2.25. The fourth-order valence-electron chi connectivity index (χ4n) is 2.99. The van der Waals surface area contributed by atoms with E-state index in [1.54, 1.807) is 0 Å². The van der Waals surface area contributed by atoms with Crippen molar-refractivity contribution in [1.82, 2.24) is 9.97 Å². The quantitative estimate of drug-likeness (QED) is 0.463. The first-order valence-electron chi connectivity index (χ1n) is 9.07. The average molecular weight is 450 g/mol. The van der Waals surface area contributed by atoms with Crippen LogP contribution in [0.4, 0.5) is 14.5 Å². The summed E-state index contributed by atoms with van der Waals surface area (Å²) in [7, 11) is -4.29. The lowest BCUT2D eigenvalue weighted by Crippen LogP contribution is -2.15. The van der Waals surface area contributed by atoms with Crippen LogP contribution in [0.1, 0.15) is 21.6 Å². The van der Waals surface area contributed by atoms with E-state index in [4.69, 9.17) is 5.26 Å². The van der Waals surface area contributed by atoms with E-state index in [2.05, 4.69) is 9.97 Å². The zero-order chi connectivity index (χ0) is 22.9. The highest BCUT2D eigenvalue weighted by atomic mass is 32.2. The number of ketones is 1. The summed E-state index contributed by atoms with van der Waals surface area (Å²) in [6.07, 6.45) is 1.29. The lowest BCUT2D eigenvalue weighted by molar-refractivity contribution is 0.103. The molecule has 0 saturated carbocycles. The monoisotopic (exact) mass is 450 g/mol. The van der Waals surface area contributed by atoms with Gasteiger partial charge in [-0.3, -0.25) is 14.5 Å². The molecule has 3 aromatic carbocycles. The summed E-state index contributed by atoms with van der Waals surface area (Å²) < 4.78 is 55.5. The molecule has 7 nitrogen and oxygen atoms in total. The molecule has 10 heteroatoms. The van der Waals surface area contributed by atoms with Gasteiger partial charge in [-0.25, -0.2) is 22.2 Å². The maximum Gasteiger partial charge on any atom is 0.262 e. The van der Waals surface area contributed by atoms with Crippen LogP contribution in [-0.2, 0) is 10.0 Å². The summed E-state index contributed by atoms with van der Waals surface area (Å²) in [5, 5.41) is 8.96. The number of aromatic nitrogens is 2. The van der Waals surface area contributed by atoms with Crippen molar-refractivity contribution in [3.8, 4) is 6.07 Å². The van der Waals surface area contributed by atoms with E-state index in [1.807, 2.05) is 10.8 Å². The first kappa shape index (κ1) is 21.0. The van der Waals surface area contributed by atoms with E-state index in [0.29, 0.717) is 5.52 Å². The van der Waals surface area contributed by atoms with Crippen LogP contribution in [-0.4, -0.2) is 24.2 Å². The number of anilines is 1. The Hall–Kier alpha value is -4.23. The Morgan fingerprint density at radius 3 is 2.53 bits per heavy atom. The summed E-state index contributed by atoms with van der Waals surface area (Å²) in [6.45, 7) is 0. The molecule has 4 rings (SSSR count). The minimum atomic E-state index is -4.29. The van der Waals surface area contributed by atoms with Gasteiger partial charge in [0.1, 0.15) is 11.9 Å². The van der Waals surface area contributed by atoms with E-state index < -0.39 is 38.0 Å². The maximum atomic E-state index is 15.1. The van der Waals surface area contributed by atoms with Crippen LogP contribution in [0.2, 0.25) is 0 Å². The minimum absolute atomic E-state index is 0.0574. The Morgan fingerprint density at radius 1 is 1.00 bits per heavy atom. The number of benzene rings is 3. The van der Waals surface area contributed by atoms with Crippen molar-refractivity contribution in [2.45, 2.75) is 4.90 Å². The molecule has 4 aromatic rings. The smallest absolute Gasteiger partial charge is 0.262 e. The van der Waals surface area contributed by atoms with Gasteiger partial charge in [0.2, 0.25) is 0 Å². The molecule has 1 N–H and O–H groups in total. The molecule has 0 atom stereocenters. The number of rotatable bonds is 5. The van der Waals surface area contributed by atoms with Gasteiger partial charge in [0.05, 0.1) is 33.4 Å². The summed E-state index contributed by atoms with van der Waals surface area (Å²) in [6, 6.07) is 14.0. The number of nitrogens with one attached hydrogen (secondary N) is 1. The van der Waals surface area contributed by atoms with Crippen LogP contribution in [0.3, 0.4) is 0 Å². The predicted octanol–water partition coefficient (Wildman–Crippen LogP) is 3.81. The van der Waals surface area contributed by atoms with Crippen molar-refractivity contribution in [3.05, 3.63) is 95.3 Å². The van der Waals surface area contributed by atoms with E-state index >= 15 is 4.39 Å². The number of fused-ring (bicyclic) bond motifs is 1. The topological polar surface area (TPSA) is 113 Å². The normalized spacial score (nSPS) is 11.2. The molecule has 0 bridgehead atoms. The van der Waals surface area contributed by atoms with Gasteiger partial charge in [-0.1, -0.05) is 12.1 Å². The van der Waals surface area contributed by atoms with Gasteiger partial charge in [-0.05, 0) is 48.5 Å². The second kappa shape index (κ2) is 8.13. The standard InChI is InChI=1S/C22H12F2N4O3S/c23-14-3-1-4-16(10-14)32(30,31)28-19-6-2-5-17(21(19)24)22(29)13-7-8-18-20(9-13)27-15(11-25)12-26-18/h1-10,12,28H. The lowest BCUT2D eigenvalue weighted by atomic mass is 10.0. The molecule has 0 saturated heterocycles. The molecule has 0 radical (unpaired) electrons. The number of carbonyl (C=O) groups excluding carboxylic acids is 1. The van der Waals surface area contributed by atoms with Crippen LogP contribution in [0, 0.1) is 23.0 Å². The molecule has 0 aliphatic rings. The molecule has 1 aromatic heterocycles. The maximum absolute atomic E-state index is 15.1. The molecule has 0 fully saturated rings. The van der Waals surface area contributed by atoms with E-state index in [0.717, 1.165) is 24.3 Å². The molecule has 0 aliphatic heterocycles. The third-order valence-corrected chi connectivity index (χ3v) is 5.88. The second-order valence-electron chi connectivity index (χ2n) is 6.63. The predicted molar refractivity (Wildman–Crippen MR) is 111 cm³/mol. The molecular formula is C22H12F2N4O3S. The Labute approximate surface area is 181 Å². The number of nitrogens with zero attached hydrogens (tertiary/aromatic N) is 3. The molecule has 158 valence electrons. The Morgan fingerprint density at radius 2 is 1.78 bits per heavy atom. The number of halogens is 2. The molecule has 0 aliphatic carbocycles. The summed E-state index contributed by atoms with van der Waals surface area (Å²) in [5.74, 6) is -2.58. The molecule has 0 unspecified atom stereocenters. The zero-order valence-corrected chi connectivity index (χ0v) is 16.9. The van der Waals surface area contributed by atoms with Crippen LogP contribution >= 0.6 is 0 Å². The molecule has 0 spiro atoms. The molecule has 0 amide bonds. The van der Waals surface area contributed by atoms with Crippen LogP contribution in [0.25, 0.3) is 11.0 Å². The molecule has 1 heterocycles. The zero-order valence-electron chi connectivity index (χ0n) is 16.1. The highest BCUT2D eigenvalue weighted by molar-refractivity contribution is 7.92. The third kappa shape index (κ3) is 4.01. The van der Waals surface area contributed by atoms with Crippen molar-refractivity contribution in [1.29, 1.82) is 5.26 Å².